The highest BCUT2D eigenvalue weighted by atomic mass is 31.2. The first-order chi connectivity index (χ1) is 27.9. The molecule has 0 bridgehead atoms. The fraction of sp³-hybridized carbons (Fsp3) is 0.536. The van der Waals surface area contributed by atoms with Crippen LogP contribution in [0.5, 0.6) is 0 Å². The molecule has 3 saturated heterocycles. The van der Waals surface area contributed by atoms with Crippen molar-refractivity contribution in [1.29, 1.82) is 0 Å². The van der Waals surface area contributed by atoms with Gasteiger partial charge in [0.1, 0.15) is 66.8 Å². The van der Waals surface area contributed by atoms with Crippen LogP contribution in [0.15, 0.2) is 56.4 Å². The van der Waals surface area contributed by atoms with Crippen LogP contribution in [-0.4, -0.2) is 149 Å². The van der Waals surface area contributed by atoms with E-state index in [2.05, 4.69) is 15.0 Å². The predicted octanol–water partition coefficient (Wildman–Crippen LogP) is -5.36. The maximum absolute atomic E-state index is 13.3. The van der Waals surface area contributed by atoms with Crippen molar-refractivity contribution in [3.63, 3.8) is 0 Å². The van der Waals surface area contributed by atoms with Crippen molar-refractivity contribution in [2.75, 3.05) is 25.6 Å². The van der Waals surface area contributed by atoms with E-state index in [-0.39, 0.29) is 17.0 Å². The number of phosphoric acid groups is 2. The van der Waals surface area contributed by atoms with Gasteiger partial charge in [-0.2, -0.15) is 0 Å². The largest absolute Gasteiger partial charge is 0.472 e. The summed E-state index contributed by atoms with van der Waals surface area (Å²) in [5, 5.41) is 53.3. The molecule has 0 saturated carbocycles. The van der Waals surface area contributed by atoms with E-state index in [1.165, 1.54) is 10.9 Å². The molecule has 4 aromatic heterocycles. The minimum absolute atomic E-state index is 0.00260. The maximum atomic E-state index is 13.3. The maximum Gasteiger partial charge on any atom is 0.472 e. The standard InChI is InChI=1S/C28H35N9O20P2/c29-22-15-23(31-8-30-22)37(9-32-15)26-18(43)20(10(5-38)53-26)56-59(49,50)52-7-12-21(19(44)25(55-12)36-4-2-14(40)34-28(36)46)57-58(47,48)51-6-11-16(41)17(42)24(54-11)35-3-1-13(39)33-27(35)45/h1-4,8-12,16-21,24-26,38,41-44H,5-7H2,(H,47,48)(H,49,50)(H2,29,30,31)(H,33,39,45)(H,34,40,46). The molecule has 11 N–H and O–H groups in total. The fourth-order valence-electron chi connectivity index (χ4n) is 6.55. The van der Waals surface area contributed by atoms with Crippen LogP contribution in [0.25, 0.3) is 11.2 Å². The van der Waals surface area contributed by atoms with E-state index in [4.69, 9.17) is 38.0 Å². The van der Waals surface area contributed by atoms with Gasteiger partial charge in [-0.05, 0) is 0 Å². The van der Waals surface area contributed by atoms with E-state index in [1.807, 2.05) is 9.97 Å². The molecule has 3 aliphatic rings. The molecule has 0 aliphatic carbocycles. The second kappa shape index (κ2) is 16.6. The molecule has 0 spiro atoms. The van der Waals surface area contributed by atoms with Crippen LogP contribution in [-0.2, 0) is 41.4 Å². The number of aliphatic hydroxyl groups is 5. The molecule has 0 radical (unpaired) electrons. The Morgan fingerprint density at radius 3 is 1.75 bits per heavy atom. The third-order valence-electron chi connectivity index (χ3n) is 9.36. The Labute approximate surface area is 326 Å². The number of hydrogen-bond acceptors (Lipinski definition) is 22. The Hall–Kier alpha value is -4.39. The number of aromatic amines is 2. The molecule has 7 heterocycles. The summed E-state index contributed by atoms with van der Waals surface area (Å²) in [5.74, 6) is -0.00260. The van der Waals surface area contributed by atoms with Crippen molar-refractivity contribution in [2.45, 2.75) is 73.6 Å². The quantitative estimate of drug-likeness (QED) is 0.0529. The van der Waals surface area contributed by atoms with E-state index < -0.39 is 132 Å². The van der Waals surface area contributed by atoms with Crippen LogP contribution in [0.4, 0.5) is 5.82 Å². The van der Waals surface area contributed by atoms with Gasteiger partial charge in [0.2, 0.25) is 0 Å². The number of anilines is 1. The van der Waals surface area contributed by atoms with Gasteiger partial charge in [-0.15, -0.1) is 0 Å². The van der Waals surface area contributed by atoms with Crippen LogP contribution < -0.4 is 28.2 Å². The zero-order valence-corrected chi connectivity index (χ0v) is 31.4. The lowest BCUT2D eigenvalue weighted by molar-refractivity contribution is -0.0642. The summed E-state index contributed by atoms with van der Waals surface area (Å²) in [6.45, 7) is -2.96. The molecule has 4 aromatic rings. The zero-order chi connectivity index (χ0) is 42.6. The van der Waals surface area contributed by atoms with Crippen molar-refractivity contribution in [3.8, 4) is 0 Å². The number of rotatable bonds is 14. The van der Waals surface area contributed by atoms with Crippen molar-refractivity contribution in [3.05, 3.63) is 78.9 Å². The van der Waals surface area contributed by atoms with Gasteiger partial charge in [0, 0.05) is 24.5 Å². The van der Waals surface area contributed by atoms with Gasteiger partial charge in [-0.3, -0.25) is 51.4 Å². The van der Waals surface area contributed by atoms with Crippen molar-refractivity contribution in [2.24, 2.45) is 0 Å². The molecular weight excluding hydrogens is 844 g/mol. The van der Waals surface area contributed by atoms with Crippen molar-refractivity contribution in [1.82, 2.24) is 38.6 Å². The van der Waals surface area contributed by atoms with E-state index in [0.29, 0.717) is 4.57 Å². The monoisotopic (exact) mass is 879 g/mol. The van der Waals surface area contributed by atoms with E-state index in [9.17, 15) is 63.6 Å². The van der Waals surface area contributed by atoms with Crippen LogP contribution in [0.2, 0.25) is 0 Å². The summed E-state index contributed by atoms with van der Waals surface area (Å²) >= 11 is 0. The third kappa shape index (κ3) is 8.63. The smallest absolute Gasteiger partial charge is 0.394 e. The van der Waals surface area contributed by atoms with Gasteiger partial charge in [-0.1, -0.05) is 0 Å². The highest BCUT2D eigenvalue weighted by Crippen LogP contribution is 2.52. The van der Waals surface area contributed by atoms with Gasteiger partial charge in [0.05, 0.1) is 26.1 Å². The second-order valence-electron chi connectivity index (χ2n) is 13.1. The number of nitrogens with zero attached hydrogens (tertiary/aromatic N) is 6. The number of ether oxygens (including phenoxy) is 3. The fourth-order valence-corrected chi connectivity index (χ4v) is 8.48. The number of fused-ring (bicyclic) bond motifs is 1. The van der Waals surface area contributed by atoms with Crippen LogP contribution >= 0.6 is 15.6 Å². The number of H-pyrrole nitrogens is 2. The van der Waals surface area contributed by atoms with Gasteiger partial charge < -0.3 is 55.3 Å². The van der Waals surface area contributed by atoms with Crippen LogP contribution in [0, 0.1) is 0 Å². The Morgan fingerprint density at radius 1 is 0.695 bits per heavy atom. The number of nitrogens with one attached hydrogen (secondary N) is 2. The Morgan fingerprint density at radius 2 is 1.19 bits per heavy atom. The summed E-state index contributed by atoms with van der Waals surface area (Å²) in [7, 11) is -10.8. The highest BCUT2D eigenvalue weighted by molar-refractivity contribution is 7.47. The molecule has 0 amide bonds. The van der Waals surface area contributed by atoms with Gasteiger partial charge >= 0.3 is 27.0 Å². The predicted molar refractivity (Wildman–Crippen MR) is 187 cm³/mol. The van der Waals surface area contributed by atoms with Gasteiger partial charge in [-0.25, -0.2) is 33.7 Å². The molecule has 31 heteroatoms. The Kier molecular flexibility index (Phi) is 12.0. The molecule has 29 nitrogen and oxygen atoms in total. The van der Waals surface area contributed by atoms with E-state index >= 15 is 0 Å². The summed E-state index contributed by atoms with van der Waals surface area (Å²) < 4.78 is 66.3. The van der Waals surface area contributed by atoms with E-state index in [1.54, 1.807) is 0 Å². The van der Waals surface area contributed by atoms with Gasteiger partial charge in [0.15, 0.2) is 30.1 Å². The number of aromatic nitrogens is 8. The molecule has 3 fully saturated rings. The van der Waals surface area contributed by atoms with E-state index in [0.717, 1.165) is 35.4 Å². The first kappa shape index (κ1) is 42.7. The molecule has 59 heavy (non-hydrogen) atoms. The number of hydrogen-bond donors (Lipinski definition) is 10. The average molecular weight is 880 g/mol. The topological polar surface area (TPSA) is 420 Å². The summed E-state index contributed by atoms with van der Waals surface area (Å²) in [6.07, 6.45) is -16.8. The number of imidazole rings is 1. The molecule has 7 rings (SSSR count). The Balaban J connectivity index is 1.05. The highest BCUT2D eigenvalue weighted by Gasteiger charge is 2.53. The number of nitrogen functional groups attached to an aromatic ring is 1. The molecule has 0 aromatic carbocycles. The number of phosphoric ester groups is 2. The summed E-state index contributed by atoms with van der Waals surface area (Å²) in [6, 6.07) is 1.80. The number of nitrogens with two attached hydrogens (primary N) is 1. The Bertz CT molecular complexity index is 2510. The first-order valence-electron chi connectivity index (χ1n) is 17.0. The molecule has 14 unspecified atom stereocenters. The van der Waals surface area contributed by atoms with Crippen LogP contribution in [0.3, 0.4) is 0 Å². The van der Waals surface area contributed by atoms with Gasteiger partial charge in [0.25, 0.3) is 11.1 Å². The van der Waals surface area contributed by atoms with Crippen molar-refractivity contribution < 1.29 is 76.8 Å². The average Bonchev–Trinajstić information content (AvgIpc) is 3.90. The zero-order valence-electron chi connectivity index (χ0n) is 29.6. The summed E-state index contributed by atoms with van der Waals surface area (Å²) in [5.41, 5.74) is 2.31. The lowest BCUT2D eigenvalue weighted by atomic mass is 10.1. The molecule has 3 aliphatic heterocycles. The molecular formula is C28H35N9O20P2. The SMILES string of the molecule is Nc1ncnc2c1ncn2C1OC(CO)C(OP(=O)(O)OCC2OC(n3ccc(=O)[nH]c3=O)C(O)C2OP(=O)(O)OCC2OC(n3ccc(=O)[nH]c3=O)C(O)C2O)C1O. The number of aliphatic hydroxyl groups excluding tert-OH is 5. The lowest BCUT2D eigenvalue weighted by Crippen LogP contribution is -2.39. The van der Waals surface area contributed by atoms with Crippen molar-refractivity contribution >= 4 is 32.6 Å². The molecule has 322 valence electrons. The first-order valence-corrected chi connectivity index (χ1v) is 20.0. The van der Waals surface area contributed by atoms with Crippen LogP contribution in [0.1, 0.15) is 18.7 Å². The summed E-state index contributed by atoms with van der Waals surface area (Å²) in [4.78, 5) is 85.1. The molecule has 14 atom stereocenters. The lowest BCUT2D eigenvalue weighted by Gasteiger charge is -2.25. The minimum atomic E-state index is -5.42. The second-order valence-corrected chi connectivity index (χ2v) is 15.9. The third-order valence-corrected chi connectivity index (χ3v) is 11.3. The minimum Gasteiger partial charge on any atom is -0.394 e. The normalized spacial score (nSPS) is 33.0.